The van der Waals surface area contributed by atoms with Crippen LogP contribution in [0, 0.1) is 0 Å². The molecule has 0 unspecified atom stereocenters. The zero-order valence-electron chi connectivity index (χ0n) is 16.4. The van der Waals surface area contributed by atoms with Gasteiger partial charge in [-0.05, 0) is 48.4 Å². The number of aromatic nitrogens is 3. The van der Waals surface area contributed by atoms with Crippen molar-refractivity contribution < 1.29 is 9.53 Å². The summed E-state index contributed by atoms with van der Waals surface area (Å²) in [6.07, 6.45) is 0.940. The second-order valence-electron chi connectivity index (χ2n) is 6.38. The minimum absolute atomic E-state index is 0.0510. The zero-order valence-corrected chi connectivity index (χ0v) is 18.0. The fraction of sp³-hybridized carbons (Fsp3) is 0.286. The van der Waals surface area contributed by atoms with Gasteiger partial charge in [0.05, 0.1) is 12.9 Å². The summed E-state index contributed by atoms with van der Waals surface area (Å²) in [7, 11) is 1.63. The van der Waals surface area contributed by atoms with Crippen molar-refractivity contribution in [2.24, 2.45) is 0 Å². The van der Waals surface area contributed by atoms with Gasteiger partial charge in [0.1, 0.15) is 5.75 Å². The second kappa shape index (κ2) is 10.3. The standard InChI is InChI=1S/C21H23ClN4O2S/c1-3-12-26-20(16-6-8-17(22)9-7-16)24-25-21(26)29-14-19(27)23-13-15-4-10-18(28-2)11-5-15/h4-11H,3,12-14H2,1-2H3,(H,23,27). The van der Waals surface area contributed by atoms with Gasteiger partial charge < -0.3 is 14.6 Å². The molecule has 6 nitrogen and oxygen atoms in total. The Bertz CT molecular complexity index is 942. The molecule has 2 aromatic carbocycles. The van der Waals surface area contributed by atoms with Crippen LogP contribution in [-0.2, 0) is 17.9 Å². The zero-order chi connectivity index (χ0) is 20.6. The van der Waals surface area contributed by atoms with E-state index >= 15 is 0 Å². The van der Waals surface area contributed by atoms with Crippen molar-refractivity contribution in [2.45, 2.75) is 31.6 Å². The van der Waals surface area contributed by atoms with Crippen molar-refractivity contribution in [1.29, 1.82) is 0 Å². The number of thioether (sulfide) groups is 1. The molecule has 0 bridgehead atoms. The van der Waals surface area contributed by atoms with Crippen LogP contribution in [0.5, 0.6) is 5.75 Å². The average molecular weight is 431 g/mol. The highest BCUT2D eigenvalue weighted by Gasteiger charge is 2.15. The Morgan fingerprint density at radius 2 is 1.86 bits per heavy atom. The summed E-state index contributed by atoms with van der Waals surface area (Å²) in [5, 5.41) is 13.0. The Kier molecular flexibility index (Phi) is 7.55. The van der Waals surface area contributed by atoms with Crippen LogP contribution in [-0.4, -0.2) is 33.5 Å². The maximum absolute atomic E-state index is 12.3. The number of methoxy groups -OCH3 is 1. The number of nitrogens with zero attached hydrogens (tertiary/aromatic N) is 3. The van der Waals surface area contributed by atoms with E-state index in [9.17, 15) is 4.79 Å². The van der Waals surface area contributed by atoms with E-state index in [1.54, 1.807) is 7.11 Å². The normalized spacial score (nSPS) is 10.7. The minimum atomic E-state index is -0.0510. The summed E-state index contributed by atoms with van der Waals surface area (Å²) >= 11 is 7.37. The minimum Gasteiger partial charge on any atom is -0.497 e. The van der Waals surface area contributed by atoms with E-state index in [0.29, 0.717) is 11.6 Å². The van der Waals surface area contributed by atoms with Gasteiger partial charge in [0, 0.05) is 23.7 Å². The molecule has 0 radical (unpaired) electrons. The molecule has 29 heavy (non-hydrogen) atoms. The smallest absolute Gasteiger partial charge is 0.230 e. The summed E-state index contributed by atoms with van der Waals surface area (Å²) in [5.74, 6) is 1.80. The largest absolute Gasteiger partial charge is 0.497 e. The van der Waals surface area contributed by atoms with Crippen LogP contribution in [0.3, 0.4) is 0 Å². The van der Waals surface area contributed by atoms with Gasteiger partial charge in [-0.2, -0.15) is 0 Å². The molecule has 1 amide bonds. The fourth-order valence-electron chi connectivity index (χ4n) is 2.76. The molecule has 0 saturated heterocycles. The Morgan fingerprint density at radius 1 is 1.14 bits per heavy atom. The molecule has 1 N–H and O–H groups in total. The van der Waals surface area contributed by atoms with Crippen molar-refractivity contribution in [3.05, 3.63) is 59.1 Å². The van der Waals surface area contributed by atoms with Crippen LogP contribution in [0.25, 0.3) is 11.4 Å². The van der Waals surface area contributed by atoms with E-state index in [1.165, 1.54) is 11.8 Å². The molecule has 1 heterocycles. The van der Waals surface area contributed by atoms with Gasteiger partial charge in [-0.3, -0.25) is 4.79 Å². The first-order valence-electron chi connectivity index (χ1n) is 9.32. The molecule has 3 rings (SSSR count). The molecule has 152 valence electrons. The molecule has 8 heteroatoms. The highest BCUT2D eigenvalue weighted by atomic mass is 35.5. The van der Waals surface area contributed by atoms with Crippen LogP contribution < -0.4 is 10.1 Å². The number of benzene rings is 2. The molecule has 0 fully saturated rings. The van der Waals surface area contributed by atoms with Gasteiger partial charge in [0.2, 0.25) is 5.91 Å². The summed E-state index contributed by atoms with van der Waals surface area (Å²) < 4.78 is 7.19. The lowest BCUT2D eigenvalue weighted by Gasteiger charge is -2.09. The Labute approximate surface area is 179 Å². The molecular weight excluding hydrogens is 408 g/mol. The van der Waals surface area contributed by atoms with Gasteiger partial charge in [-0.15, -0.1) is 10.2 Å². The van der Waals surface area contributed by atoms with Gasteiger partial charge in [-0.1, -0.05) is 42.4 Å². The fourth-order valence-corrected chi connectivity index (χ4v) is 3.68. The number of ether oxygens (including phenoxy) is 1. The van der Waals surface area contributed by atoms with E-state index in [0.717, 1.165) is 40.8 Å². The first kappa shape index (κ1) is 21.2. The highest BCUT2D eigenvalue weighted by molar-refractivity contribution is 7.99. The summed E-state index contributed by atoms with van der Waals surface area (Å²) in [4.78, 5) is 12.3. The Hall–Kier alpha value is -2.51. The SMILES string of the molecule is CCCn1c(SCC(=O)NCc2ccc(OC)cc2)nnc1-c1ccc(Cl)cc1. The lowest BCUT2D eigenvalue weighted by atomic mass is 10.2. The monoisotopic (exact) mass is 430 g/mol. The third-order valence-electron chi connectivity index (χ3n) is 4.25. The van der Waals surface area contributed by atoms with Gasteiger partial charge >= 0.3 is 0 Å². The summed E-state index contributed by atoms with van der Waals surface area (Å²) in [6.45, 7) is 3.35. The van der Waals surface area contributed by atoms with E-state index in [-0.39, 0.29) is 11.7 Å². The number of carbonyl (C=O) groups excluding carboxylic acids is 1. The lowest BCUT2D eigenvalue weighted by molar-refractivity contribution is -0.118. The van der Waals surface area contributed by atoms with Gasteiger partial charge in [0.15, 0.2) is 11.0 Å². The first-order chi connectivity index (χ1) is 14.1. The molecule has 0 atom stereocenters. The van der Waals surface area contributed by atoms with Crippen LogP contribution in [0.2, 0.25) is 5.02 Å². The number of nitrogens with one attached hydrogen (secondary N) is 1. The molecule has 0 aliphatic rings. The number of amides is 1. The van der Waals surface area contributed by atoms with Crippen LogP contribution >= 0.6 is 23.4 Å². The van der Waals surface area contributed by atoms with Crippen molar-refractivity contribution in [2.75, 3.05) is 12.9 Å². The first-order valence-corrected chi connectivity index (χ1v) is 10.7. The molecule has 0 saturated carbocycles. The number of hydrogen-bond donors (Lipinski definition) is 1. The highest BCUT2D eigenvalue weighted by Crippen LogP contribution is 2.25. The molecule has 0 aliphatic carbocycles. The second-order valence-corrected chi connectivity index (χ2v) is 7.76. The van der Waals surface area contributed by atoms with Gasteiger partial charge in [0.25, 0.3) is 0 Å². The molecule has 1 aromatic heterocycles. The molecule has 0 aliphatic heterocycles. The van der Waals surface area contributed by atoms with Crippen molar-refractivity contribution in [1.82, 2.24) is 20.1 Å². The number of hydrogen-bond acceptors (Lipinski definition) is 5. The molecular formula is C21H23ClN4O2S. The van der Waals surface area contributed by atoms with Crippen LogP contribution in [0.1, 0.15) is 18.9 Å². The Balaban J connectivity index is 1.60. The maximum Gasteiger partial charge on any atom is 0.230 e. The lowest BCUT2D eigenvalue weighted by Crippen LogP contribution is -2.24. The maximum atomic E-state index is 12.3. The van der Waals surface area contributed by atoms with Gasteiger partial charge in [-0.25, -0.2) is 0 Å². The number of carbonyl (C=O) groups is 1. The predicted molar refractivity (Wildman–Crippen MR) is 116 cm³/mol. The van der Waals surface area contributed by atoms with Crippen molar-refractivity contribution in [3.63, 3.8) is 0 Å². The number of rotatable bonds is 9. The number of halogens is 1. The van der Waals surface area contributed by atoms with E-state index in [1.807, 2.05) is 53.1 Å². The third kappa shape index (κ3) is 5.74. The Morgan fingerprint density at radius 3 is 2.52 bits per heavy atom. The molecule has 0 spiro atoms. The topological polar surface area (TPSA) is 69.0 Å². The van der Waals surface area contributed by atoms with Crippen molar-refractivity contribution in [3.8, 4) is 17.1 Å². The average Bonchev–Trinajstić information content (AvgIpc) is 3.14. The van der Waals surface area contributed by atoms with Crippen LogP contribution in [0.15, 0.2) is 53.7 Å². The van der Waals surface area contributed by atoms with Crippen LogP contribution in [0.4, 0.5) is 0 Å². The summed E-state index contributed by atoms with van der Waals surface area (Å²) in [6, 6.07) is 15.1. The van der Waals surface area contributed by atoms with E-state index in [2.05, 4.69) is 22.4 Å². The van der Waals surface area contributed by atoms with E-state index < -0.39 is 0 Å². The van der Waals surface area contributed by atoms with Crippen molar-refractivity contribution >= 4 is 29.3 Å². The van der Waals surface area contributed by atoms with E-state index in [4.69, 9.17) is 16.3 Å². The summed E-state index contributed by atoms with van der Waals surface area (Å²) in [5.41, 5.74) is 1.97. The molecule has 3 aromatic rings. The quantitative estimate of drug-likeness (QED) is 0.509. The predicted octanol–water partition coefficient (Wildman–Crippen LogP) is 4.43. The third-order valence-corrected chi connectivity index (χ3v) is 5.47.